The Hall–Kier alpha value is -1.47. The number of carbonyl (C=O) groups is 1. The molecule has 0 saturated heterocycles. The second kappa shape index (κ2) is 7.78. The lowest BCUT2D eigenvalue weighted by Gasteiger charge is -2.10. The van der Waals surface area contributed by atoms with E-state index in [1.54, 1.807) is 17.8 Å². The van der Waals surface area contributed by atoms with Crippen LogP contribution in [0.15, 0.2) is 24.3 Å². The Kier molecular flexibility index (Phi) is 6.31. The second-order valence-electron chi connectivity index (χ2n) is 4.18. The molecule has 1 amide bonds. The minimum Gasteiger partial charge on any atom is -0.353 e. The van der Waals surface area contributed by atoms with Crippen LogP contribution < -0.4 is 5.32 Å². The summed E-state index contributed by atoms with van der Waals surface area (Å²) in [4.78, 5) is 11.5. The molecule has 0 fully saturated rings. The number of hydrogen-bond donors (Lipinski definition) is 1. The van der Waals surface area contributed by atoms with Crippen molar-refractivity contribution in [1.29, 1.82) is 5.26 Å². The Morgan fingerprint density at radius 1 is 1.56 bits per heavy atom. The van der Waals surface area contributed by atoms with Gasteiger partial charge in [0.05, 0.1) is 17.4 Å². The van der Waals surface area contributed by atoms with Crippen LogP contribution in [-0.2, 0) is 10.5 Å². The molecule has 1 aromatic carbocycles. The summed E-state index contributed by atoms with van der Waals surface area (Å²) < 4.78 is 0. The van der Waals surface area contributed by atoms with Crippen molar-refractivity contribution in [3.63, 3.8) is 0 Å². The molecule has 0 aliphatic heterocycles. The maximum atomic E-state index is 11.5. The molecule has 0 radical (unpaired) electrons. The van der Waals surface area contributed by atoms with E-state index in [9.17, 15) is 4.79 Å². The van der Waals surface area contributed by atoms with E-state index in [0.29, 0.717) is 11.3 Å². The van der Waals surface area contributed by atoms with Crippen molar-refractivity contribution in [2.45, 2.75) is 32.1 Å². The van der Waals surface area contributed by atoms with Crippen LogP contribution in [0.2, 0.25) is 0 Å². The normalized spacial score (nSPS) is 11.6. The van der Waals surface area contributed by atoms with Crippen molar-refractivity contribution < 1.29 is 4.79 Å². The van der Waals surface area contributed by atoms with Gasteiger partial charge in [-0.3, -0.25) is 4.79 Å². The second-order valence-corrected chi connectivity index (χ2v) is 5.17. The zero-order valence-electron chi connectivity index (χ0n) is 10.8. The van der Waals surface area contributed by atoms with E-state index in [1.807, 2.05) is 32.0 Å². The maximum absolute atomic E-state index is 11.5. The van der Waals surface area contributed by atoms with Gasteiger partial charge in [0.15, 0.2) is 0 Å². The van der Waals surface area contributed by atoms with E-state index in [2.05, 4.69) is 11.4 Å². The first-order valence-electron chi connectivity index (χ1n) is 6.01. The van der Waals surface area contributed by atoms with Crippen LogP contribution in [0, 0.1) is 11.3 Å². The molecule has 1 aromatic rings. The van der Waals surface area contributed by atoms with Crippen LogP contribution in [0.1, 0.15) is 31.4 Å². The Morgan fingerprint density at radius 3 is 3.00 bits per heavy atom. The SMILES string of the molecule is CCC(C)NC(=O)CSCc1cccc(C#N)c1. The van der Waals surface area contributed by atoms with Crippen LogP contribution in [0.5, 0.6) is 0 Å². The Labute approximate surface area is 113 Å². The molecule has 0 bridgehead atoms. The molecule has 0 heterocycles. The first-order chi connectivity index (χ1) is 8.65. The fourth-order valence-corrected chi connectivity index (χ4v) is 2.20. The predicted octanol–water partition coefficient (Wildman–Crippen LogP) is 2.71. The number of carbonyl (C=O) groups excluding carboxylic acids is 1. The molecule has 0 aromatic heterocycles. The lowest BCUT2D eigenvalue weighted by Crippen LogP contribution is -2.33. The standard InChI is InChI=1S/C14H18N2OS/c1-3-11(2)16-14(17)10-18-9-13-6-4-5-12(7-13)8-15/h4-7,11H,3,9-10H2,1-2H3,(H,16,17). The topological polar surface area (TPSA) is 52.9 Å². The molecule has 0 aliphatic rings. The molecule has 1 rings (SSSR count). The molecule has 1 unspecified atom stereocenters. The van der Waals surface area contributed by atoms with Gasteiger partial charge in [0.1, 0.15) is 0 Å². The highest BCUT2D eigenvalue weighted by atomic mass is 32.2. The number of hydrogen-bond acceptors (Lipinski definition) is 3. The third-order valence-electron chi connectivity index (χ3n) is 2.58. The Morgan fingerprint density at radius 2 is 2.33 bits per heavy atom. The highest BCUT2D eigenvalue weighted by Crippen LogP contribution is 2.13. The zero-order valence-corrected chi connectivity index (χ0v) is 11.6. The lowest BCUT2D eigenvalue weighted by atomic mass is 10.2. The quantitative estimate of drug-likeness (QED) is 0.857. The molecule has 0 aliphatic carbocycles. The number of nitrogens with zero attached hydrogens (tertiary/aromatic N) is 1. The summed E-state index contributed by atoms with van der Waals surface area (Å²) in [5, 5.41) is 11.7. The number of amides is 1. The maximum Gasteiger partial charge on any atom is 0.230 e. The van der Waals surface area contributed by atoms with E-state index in [1.165, 1.54) is 0 Å². The van der Waals surface area contributed by atoms with Crippen molar-refractivity contribution in [1.82, 2.24) is 5.32 Å². The highest BCUT2D eigenvalue weighted by molar-refractivity contribution is 7.99. The zero-order chi connectivity index (χ0) is 13.4. The average molecular weight is 262 g/mol. The summed E-state index contributed by atoms with van der Waals surface area (Å²) >= 11 is 1.56. The lowest BCUT2D eigenvalue weighted by molar-refractivity contribution is -0.119. The third kappa shape index (κ3) is 5.24. The average Bonchev–Trinajstić information content (AvgIpc) is 2.38. The van der Waals surface area contributed by atoms with Gasteiger partial charge in [0.2, 0.25) is 5.91 Å². The van der Waals surface area contributed by atoms with Crippen LogP contribution in [0.25, 0.3) is 0 Å². The summed E-state index contributed by atoms with van der Waals surface area (Å²) in [6.45, 7) is 4.05. The highest BCUT2D eigenvalue weighted by Gasteiger charge is 2.05. The van der Waals surface area contributed by atoms with Gasteiger partial charge < -0.3 is 5.32 Å². The van der Waals surface area contributed by atoms with Crippen molar-refractivity contribution in [2.75, 3.05) is 5.75 Å². The third-order valence-corrected chi connectivity index (χ3v) is 3.58. The van der Waals surface area contributed by atoms with Crippen LogP contribution in [0.3, 0.4) is 0 Å². The van der Waals surface area contributed by atoms with Crippen molar-refractivity contribution in [2.24, 2.45) is 0 Å². The smallest absolute Gasteiger partial charge is 0.230 e. The Balaban J connectivity index is 2.33. The van der Waals surface area contributed by atoms with Gasteiger partial charge in [-0.2, -0.15) is 5.26 Å². The molecule has 18 heavy (non-hydrogen) atoms. The largest absolute Gasteiger partial charge is 0.353 e. The number of thioether (sulfide) groups is 1. The van der Waals surface area contributed by atoms with Gasteiger partial charge in [-0.25, -0.2) is 0 Å². The summed E-state index contributed by atoms with van der Waals surface area (Å²) in [7, 11) is 0. The molecule has 96 valence electrons. The summed E-state index contributed by atoms with van der Waals surface area (Å²) in [6.07, 6.45) is 0.945. The molecule has 3 nitrogen and oxygen atoms in total. The molecule has 0 spiro atoms. The molecule has 0 saturated carbocycles. The molecular weight excluding hydrogens is 244 g/mol. The minimum atomic E-state index is 0.0748. The van der Waals surface area contributed by atoms with Crippen LogP contribution in [0.4, 0.5) is 0 Å². The molecule has 4 heteroatoms. The molecule has 1 atom stereocenters. The number of nitriles is 1. The fraction of sp³-hybridized carbons (Fsp3) is 0.429. The Bertz CT molecular complexity index is 440. The van der Waals surface area contributed by atoms with E-state index >= 15 is 0 Å². The van der Waals surface area contributed by atoms with Crippen LogP contribution >= 0.6 is 11.8 Å². The molecule has 1 N–H and O–H groups in total. The van der Waals surface area contributed by atoms with Gasteiger partial charge in [0, 0.05) is 11.8 Å². The van der Waals surface area contributed by atoms with Gasteiger partial charge in [-0.05, 0) is 31.0 Å². The predicted molar refractivity (Wildman–Crippen MR) is 75.2 cm³/mol. The van der Waals surface area contributed by atoms with Gasteiger partial charge >= 0.3 is 0 Å². The molecular formula is C14H18N2OS. The number of nitrogens with one attached hydrogen (secondary N) is 1. The van der Waals surface area contributed by atoms with Crippen LogP contribution in [-0.4, -0.2) is 17.7 Å². The summed E-state index contributed by atoms with van der Waals surface area (Å²) in [6, 6.07) is 9.83. The monoisotopic (exact) mass is 262 g/mol. The van der Waals surface area contributed by atoms with Crippen molar-refractivity contribution >= 4 is 17.7 Å². The van der Waals surface area contributed by atoms with E-state index in [-0.39, 0.29) is 11.9 Å². The number of rotatable bonds is 6. The first kappa shape index (κ1) is 14.6. The van der Waals surface area contributed by atoms with Gasteiger partial charge in [-0.1, -0.05) is 19.1 Å². The summed E-state index contributed by atoms with van der Waals surface area (Å²) in [5.74, 6) is 1.29. The minimum absolute atomic E-state index is 0.0748. The van der Waals surface area contributed by atoms with Crippen molar-refractivity contribution in [3.05, 3.63) is 35.4 Å². The first-order valence-corrected chi connectivity index (χ1v) is 7.17. The van der Waals surface area contributed by atoms with Gasteiger partial charge in [0.25, 0.3) is 0 Å². The summed E-state index contributed by atoms with van der Waals surface area (Å²) in [5.41, 5.74) is 1.74. The van der Waals surface area contributed by atoms with E-state index < -0.39 is 0 Å². The van der Waals surface area contributed by atoms with Gasteiger partial charge in [-0.15, -0.1) is 11.8 Å². The fourth-order valence-electron chi connectivity index (χ4n) is 1.41. The van der Waals surface area contributed by atoms with Crippen molar-refractivity contribution in [3.8, 4) is 6.07 Å². The number of benzene rings is 1. The van der Waals surface area contributed by atoms with E-state index in [4.69, 9.17) is 5.26 Å². The van der Waals surface area contributed by atoms with E-state index in [0.717, 1.165) is 17.7 Å².